The molecular formula is C20H26N4O. The van der Waals surface area contributed by atoms with Gasteiger partial charge >= 0.3 is 0 Å². The maximum Gasteiger partial charge on any atom is 0.145 e. The Bertz CT molecular complexity index is 914. The molecule has 1 atom stereocenters. The van der Waals surface area contributed by atoms with E-state index in [1.165, 1.54) is 11.3 Å². The first kappa shape index (κ1) is 17.3. The number of nitrogens with one attached hydrogen (secondary N) is 1. The van der Waals surface area contributed by atoms with Gasteiger partial charge in [0.15, 0.2) is 0 Å². The molecular weight excluding hydrogens is 312 g/mol. The van der Waals surface area contributed by atoms with E-state index in [9.17, 15) is 0 Å². The van der Waals surface area contributed by atoms with E-state index in [0.29, 0.717) is 0 Å². The molecule has 0 radical (unpaired) electrons. The summed E-state index contributed by atoms with van der Waals surface area (Å²) in [4.78, 5) is 4.65. The molecule has 0 aliphatic heterocycles. The first-order valence-electron chi connectivity index (χ1n) is 8.60. The van der Waals surface area contributed by atoms with Gasteiger partial charge in [-0.2, -0.15) is 5.10 Å². The van der Waals surface area contributed by atoms with Crippen LogP contribution in [0.4, 0.5) is 5.69 Å². The van der Waals surface area contributed by atoms with Crippen molar-refractivity contribution >= 4 is 16.6 Å². The lowest BCUT2D eigenvalue weighted by molar-refractivity contribution is 0.419. The third-order valence-electron chi connectivity index (χ3n) is 4.72. The average Bonchev–Trinajstić information content (AvgIpc) is 2.80. The SMILES string of the molecule is COc1cccc2c(NC(C)Cc3c(C)nn(C)c3C)cc(C)nc12. The molecule has 5 nitrogen and oxygen atoms in total. The lowest BCUT2D eigenvalue weighted by atomic mass is 10.0. The van der Waals surface area contributed by atoms with Crippen LogP contribution in [-0.4, -0.2) is 27.9 Å². The van der Waals surface area contributed by atoms with Crippen molar-refractivity contribution in [2.75, 3.05) is 12.4 Å². The van der Waals surface area contributed by atoms with Crippen molar-refractivity contribution in [1.29, 1.82) is 0 Å². The number of anilines is 1. The number of benzene rings is 1. The number of hydrogen-bond acceptors (Lipinski definition) is 4. The first-order valence-corrected chi connectivity index (χ1v) is 8.60. The summed E-state index contributed by atoms with van der Waals surface area (Å²) in [6.07, 6.45) is 0.929. The van der Waals surface area contributed by atoms with E-state index < -0.39 is 0 Å². The molecule has 0 spiro atoms. The normalized spacial score (nSPS) is 12.4. The summed E-state index contributed by atoms with van der Waals surface area (Å²) in [6.45, 7) is 8.41. The number of hydrogen-bond donors (Lipinski definition) is 1. The van der Waals surface area contributed by atoms with Crippen LogP contribution in [-0.2, 0) is 13.5 Å². The molecule has 3 rings (SSSR count). The fraction of sp³-hybridized carbons (Fsp3) is 0.400. The van der Waals surface area contributed by atoms with Crippen LogP contribution in [0.3, 0.4) is 0 Å². The topological polar surface area (TPSA) is 52.0 Å². The lowest BCUT2D eigenvalue weighted by Gasteiger charge is -2.18. The average molecular weight is 338 g/mol. The molecule has 1 aromatic carbocycles. The zero-order valence-electron chi connectivity index (χ0n) is 15.8. The Morgan fingerprint density at radius 1 is 1.24 bits per heavy atom. The lowest BCUT2D eigenvalue weighted by Crippen LogP contribution is -2.19. The number of nitrogens with zero attached hydrogens (tertiary/aromatic N) is 3. The molecule has 0 amide bonds. The summed E-state index contributed by atoms with van der Waals surface area (Å²) in [7, 11) is 3.68. The minimum Gasteiger partial charge on any atom is -0.494 e. The predicted molar refractivity (Wildman–Crippen MR) is 103 cm³/mol. The van der Waals surface area contributed by atoms with E-state index in [2.05, 4.69) is 48.3 Å². The second kappa shape index (κ2) is 6.75. The highest BCUT2D eigenvalue weighted by Gasteiger charge is 2.15. The van der Waals surface area contributed by atoms with Crippen LogP contribution in [0.25, 0.3) is 10.9 Å². The maximum atomic E-state index is 5.47. The summed E-state index contributed by atoms with van der Waals surface area (Å²) in [5.74, 6) is 0.802. The highest BCUT2D eigenvalue weighted by Crippen LogP contribution is 2.30. The van der Waals surface area contributed by atoms with Crippen molar-refractivity contribution in [1.82, 2.24) is 14.8 Å². The highest BCUT2D eigenvalue weighted by atomic mass is 16.5. The smallest absolute Gasteiger partial charge is 0.145 e. The fourth-order valence-corrected chi connectivity index (χ4v) is 3.37. The number of ether oxygens (including phenoxy) is 1. The largest absolute Gasteiger partial charge is 0.494 e. The second-order valence-electron chi connectivity index (χ2n) is 6.69. The van der Waals surface area contributed by atoms with Crippen LogP contribution in [0.5, 0.6) is 5.75 Å². The van der Waals surface area contributed by atoms with Crippen molar-refractivity contribution in [3.63, 3.8) is 0 Å². The Morgan fingerprint density at radius 2 is 2.00 bits per heavy atom. The van der Waals surface area contributed by atoms with Gasteiger partial charge in [-0.25, -0.2) is 4.98 Å². The molecule has 1 N–H and O–H groups in total. The number of rotatable bonds is 5. The maximum absolute atomic E-state index is 5.47. The van der Waals surface area contributed by atoms with Crippen LogP contribution >= 0.6 is 0 Å². The molecule has 0 saturated heterocycles. The Kier molecular flexibility index (Phi) is 4.66. The summed E-state index contributed by atoms with van der Waals surface area (Å²) in [6, 6.07) is 8.41. The summed E-state index contributed by atoms with van der Waals surface area (Å²) in [5.41, 5.74) is 6.60. The zero-order chi connectivity index (χ0) is 18.1. The second-order valence-corrected chi connectivity index (χ2v) is 6.69. The van der Waals surface area contributed by atoms with Crippen molar-refractivity contribution in [3.05, 3.63) is 46.9 Å². The number of aryl methyl sites for hydroxylation is 3. The first-order chi connectivity index (χ1) is 11.9. The Balaban J connectivity index is 1.92. The quantitative estimate of drug-likeness (QED) is 0.765. The monoisotopic (exact) mass is 338 g/mol. The third-order valence-corrected chi connectivity index (χ3v) is 4.72. The van der Waals surface area contributed by atoms with Crippen LogP contribution in [0.15, 0.2) is 24.3 Å². The van der Waals surface area contributed by atoms with Gasteiger partial charge in [0.05, 0.1) is 12.8 Å². The number of fused-ring (bicyclic) bond motifs is 1. The molecule has 0 aliphatic rings. The van der Waals surface area contributed by atoms with Crippen LogP contribution < -0.4 is 10.1 Å². The van der Waals surface area contributed by atoms with Gasteiger partial charge in [0.2, 0.25) is 0 Å². The molecule has 5 heteroatoms. The molecule has 3 aromatic rings. The number of pyridine rings is 1. The number of methoxy groups -OCH3 is 1. The van der Waals surface area contributed by atoms with Crippen molar-refractivity contribution in [2.24, 2.45) is 7.05 Å². The van der Waals surface area contributed by atoms with E-state index in [-0.39, 0.29) is 6.04 Å². The Hall–Kier alpha value is -2.56. The summed E-state index contributed by atoms with van der Waals surface area (Å²) >= 11 is 0. The van der Waals surface area contributed by atoms with Crippen molar-refractivity contribution < 1.29 is 4.74 Å². The number of aromatic nitrogens is 3. The molecule has 0 fully saturated rings. The fourth-order valence-electron chi connectivity index (χ4n) is 3.37. The highest BCUT2D eigenvalue weighted by molar-refractivity contribution is 5.95. The van der Waals surface area contributed by atoms with Crippen LogP contribution in [0.1, 0.15) is 29.6 Å². The molecule has 1 unspecified atom stereocenters. The molecule has 0 saturated carbocycles. The van der Waals surface area contributed by atoms with Gasteiger partial charge in [0.25, 0.3) is 0 Å². The third kappa shape index (κ3) is 3.31. The molecule has 0 bridgehead atoms. The van der Waals surface area contributed by atoms with E-state index in [0.717, 1.165) is 40.1 Å². The van der Waals surface area contributed by atoms with Gasteiger partial charge in [0.1, 0.15) is 11.3 Å². The molecule has 2 aromatic heterocycles. The van der Waals surface area contributed by atoms with Gasteiger partial charge in [-0.1, -0.05) is 12.1 Å². The number of para-hydroxylation sites is 1. The van der Waals surface area contributed by atoms with Gasteiger partial charge in [0, 0.05) is 35.6 Å². The predicted octanol–water partition coefficient (Wildman–Crippen LogP) is 3.95. The minimum atomic E-state index is 0.276. The van der Waals surface area contributed by atoms with E-state index in [1.807, 2.05) is 30.8 Å². The van der Waals surface area contributed by atoms with Crippen LogP contribution in [0, 0.1) is 20.8 Å². The van der Waals surface area contributed by atoms with Gasteiger partial charge in [-0.15, -0.1) is 0 Å². The van der Waals surface area contributed by atoms with E-state index in [4.69, 9.17) is 4.74 Å². The molecule has 2 heterocycles. The zero-order valence-corrected chi connectivity index (χ0v) is 15.8. The van der Waals surface area contributed by atoms with Crippen molar-refractivity contribution in [2.45, 2.75) is 40.2 Å². The van der Waals surface area contributed by atoms with Gasteiger partial charge in [-0.05, 0) is 51.8 Å². The Labute approximate surface area is 149 Å². The van der Waals surface area contributed by atoms with Crippen LogP contribution in [0.2, 0.25) is 0 Å². The molecule has 0 aliphatic carbocycles. The Morgan fingerprint density at radius 3 is 2.64 bits per heavy atom. The summed E-state index contributed by atoms with van der Waals surface area (Å²) in [5, 5.41) is 9.26. The minimum absolute atomic E-state index is 0.276. The van der Waals surface area contributed by atoms with E-state index in [1.54, 1.807) is 7.11 Å². The van der Waals surface area contributed by atoms with Crippen molar-refractivity contribution in [3.8, 4) is 5.75 Å². The standard InChI is InChI=1S/C20H26N4O/c1-12(10-17-14(3)23-24(5)15(17)4)21-18-11-13(2)22-20-16(18)8-7-9-19(20)25-6/h7-9,11-12H,10H2,1-6H3,(H,21,22). The molecule has 25 heavy (non-hydrogen) atoms. The van der Waals surface area contributed by atoms with E-state index >= 15 is 0 Å². The van der Waals surface area contributed by atoms with Gasteiger partial charge in [-0.3, -0.25) is 4.68 Å². The summed E-state index contributed by atoms with van der Waals surface area (Å²) < 4.78 is 7.42. The molecule has 132 valence electrons. The van der Waals surface area contributed by atoms with Gasteiger partial charge < -0.3 is 10.1 Å².